The Bertz CT molecular complexity index is 971. The van der Waals surface area contributed by atoms with E-state index in [-0.39, 0.29) is 25.7 Å². The molecular weight excluding hydrogens is 627 g/mol. The van der Waals surface area contributed by atoms with Gasteiger partial charge in [-0.3, -0.25) is 14.1 Å². The van der Waals surface area contributed by atoms with E-state index < -0.39 is 57.4 Å². The average molecular weight is 689 g/mol. The molecule has 5 N–H and O–H groups in total. The number of phosphoric acid groups is 1. The summed E-state index contributed by atoms with van der Waals surface area (Å²) in [6, 6.07) is 0. The Morgan fingerprint density at radius 1 is 0.681 bits per heavy atom. The number of phosphoric ester groups is 1. The number of hydrogen-bond donors (Lipinski definition) is 5. The van der Waals surface area contributed by atoms with Crippen molar-refractivity contribution in [3.8, 4) is 0 Å². The molecule has 0 aromatic rings. The van der Waals surface area contributed by atoms with Crippen LogP contribution >= 0.6 is 7.82 Å². The second kappa shape index (κ2) is 28.9. The third kappa shape index (κ3) is 30.9. The molecule has 0 unspecified atom stereocenters. The summed E-state index contributed by atoms with van der Waals surface area (Å²) in [7, 11) is -4.84. The molecule has 0 bridgehead atoms. The van der Waals surface area contributed by atoms with E-state index in [1.807, 2.05) is 0 Å². The summed E-state index contributed by atoms with van der Waals surface area (Å²) in [5.74, 6) is -0.520. The lowest BCUT2D eigenvalue weighted by molar-refractivity contribution is -0.161. The van der Waals surface area contributed by atoms with Crippen LogP contribution in [0.1, 0.15) is 117 Å². The molecule has 12 heteroatoms. The van der Waals surface area contributed by atoms with Crippen LogP contribution in [-0.2, 0) is 28.2 Å². The van der Waals surface area contributed by atoms with Crippen LogP contribution in [0.4, 0.5) is 0 Å². The third-order valence-corrected chi connectivity index (χ3v) is 7.63. The molecular formula is C35H61O11P. The van der Waals surface area contributed by atoms with Crippen LogP contribution in [0.25, 0.3) is 0 Å². The number of unbranched alkanes of at least 4 members (excludes halogenated alkanes) is 7. The Balaban J connectivity index is 4.44. The highest BCUT2D eigenvalue weighted by molar-refractivity contribution is 7.46. The van der Waals surface area contributed by atoms with Gasteiger partial charge in [-0.25, -0.2) is 4.57 Å². The number of carbonyl (C=O) groups is 2. The first kappa shape index (κ1) is 44.9. The summed E-state index contributed by atoms with van der Waals surface area (Å²) in [4.78, 5) is 42.5. The van der Waals surface area contributed by atoms with Crippen molar-refractivity contribution >= 4 is 19.8 Å². The maximum Gasteiger partial charge on any atom is 0.469 e. The highest BCUT2D eigenvalue weighted by Crippen LogP contribution is 2.36. The molecule has 0 amide bonds. The van der Waals surface area contributed by atoms with E-state index in [1.54, 1.807) is 42.5 Å². The molecule has 0 saturated carbocycles. The van der Waals surface area contributed by atoms with Crippen LogP contribution < -0.4 is 0 Å². The minimum absolute atomic E-state index is 0.0892. The Hall–Kier alpha value is -2.11. The van der Waals surface area contributed by atoms with Gasteiger partial charge in [-0.1, -0.05) is 127 Å². The van der Waals surface area contributed by atoms with Crippen LogP contribution in [0, 0.1) is 5.92 Å². The SMILES string of the molecule is CCCCC[C@H](O)/C=C/C=C\C=C\C=C\[C@H](O)[C@@H](O)CCCC(=O)O[C@H](COC(=O)CCCCCCCCC(C)C)COP(=O)(O)O. The number of hydrogen-bond acceptors (Lipinski definition) is 9. The smallest absolute Gasteiger partial charge is 0.462 e. The molecule has 272 valence electrons. The fraction of sp³-hybridized carbons (Fsp3) is 0.714. The predicted molar refractivity (Wildman–Crippen MR) is 183 cm³/mol. The molecule has 0 spiro atoms. The van der Waals surface area contributed by atoms with Crippen molar-refractivity contribution in [2.45, 2.75) is 141 Å². The fourth-order valence-corrected chi connectivity index (χ4v) is 4.77. The van der Waals surface area contributed by atoms with Gasteiger partial charge in [0.05, 0.1) is 24.9 Å². The minimum atomic E-state index is -4.84. The molecule has 0 aromatic heterocycles. The van der Waals surface area contributed by atoms with Crippen LogP contribution in [0.2, 0.25) is 0 Å². The monoisotopic (exact) mass is 688 g/mol. The summed E-state index contributed by atoms with van der Waals surface area (Å²) in [5, 5.41) is 30.2. The molecule has 0 aliphatic heterocycles. The zero-order valence-electron chi connectivity index (χ0n) is 28.7. The van der Waals surface area contributed by atoms with Crippen molar-refractivity contribution < 1.29 is 53.3 Å². The van der Waals surface area contributed by atoms with Gasteiger partial charge >= 0.3 is 19.8 Å². The van der Waals surface area contributed by atoms with Crippen LogP contribution in [0.15, 0.2) is 48.6 Å². The number of aliphatic hydroxyl groups is 3. The maximum absolute atomic E-state index is 12.3. The van der Waals surface area contributed by atoms with Crippen molar-refractivity contribution in [1.82, 2.24) is 0 Å². The summed E-state index contributed by atoms with van der Waals surface area (Å²) in [6.07, 6.45) is 21.0. The maximum atomic E-state index is 12.3. The summed E-state index contributed by atoms with van der Waals surface area (Å²) in [5.41, 5.74) is 0. The first-order valence-corrected chi connectivity index (χ1v) is 18.6. The van der Waals surface area contributed by atoms with Crippen molar-refractivity contribution in [2.24, 2.45) is 5.92 Å². The topological polar surface area (TPSA) is 180 Å². The molecule has 0 aliphatic rings. The molecule has 0 radical (unpaired) electrons. The molecule has 0 saturated heterocycles. The van der Waals surface area contributed by atoms with Crippen molar-refractivity contribution in [3.63, 3.8) is 0 Å². The number of carbonyl (C=O) groups excluding carboxylic acids is 2. The first-order valence-electron chi connectivity index (χ1n) is 17.1. The van der Waals surface area contributed by atoms with E-state index in [0.717, 1.165) is 44.9 Å². The van der Waals surface area contributed by atoms with Crippen molar-refractivity contribution in [2.75, 3.05) is 13.2 Å². The number of esters is 2. The van der Waals surface area contributed by atoms with Crippen molar-refractivity contribution in [3.05, 3.63) is 48.6 Å². The Morgan fingerprint density at radius 3 is 1.89 bits per heavy atom. The number of allylic oxidation sites excluding steroid dienone is 6. The Labute approximate surface area is 282 Å². The van der Waals surface area contributed by atoms with Crippen LogP contribution in [-0.4, -0.2) is 74.7 Å². The molecule has 11 nitrogen and oxygen atoms in total. The molecule has 0 fully saturated rings. The second-order valence-electron chi connectivity index (χ2n) is 12.2. The molecule has 0 rings (SSSR count). The second-order valence-corrected chi connectivity index (χ2v) is 13.4. The average Bonchev–Trinajstić information content (AvgIpc) is 3.00. The lowest BCUT2D eigenvalue weighted by atomic mass is 10.0. The van der Waals surface area contributed by atoms with Gasteiger partial charge in [0.15, 0.2) is 6.10 Å². The van der Waals surface area contributed by atoms with Gasteiger partial charge in [0.2, 0.25) is 0 Å². The van der Waals surface area contributed by atoms with Crippen LogP contribution in [0.5, 0.6) is 0 Å². The van der Waals surface area contributed by atoms with Gasteiger partial charge in [-0.05, 0) is 31.6 Å². The highest BCUT2D eigenvalue weighted by atomic mass is 31.2. The molecule has 0 heterocycles. The Kier molecular flexibility index (Phi) is 27.6. The third-order valence-electron chi connectivity index (χ3n) is 7.14. The van der Waals surface area contributed by atoms with Gasteiger partial charge < -0.3 is 34.6 Å². The lowest BCUT2D eigenvalue weighted by Crippen LogP contribution is -2.29. The van der Waals surface area contributed by atoms with Gasteiger partial charge in [0.1, 0.15) is 6.61 Å². The normalized spacial score (nSPS) is 15.3. The van der Waals surface area contributed by atoms with Gasteiger partial charge in [0.25, 0.3) is 0 Å². The van der Waals surface area contributed by atoms with E-state index in [0.29, 0.717) is 12.3 Å². The summed E-state index contributed by atoms with van der Waals surface area (Å²) >= 11 is 0. The predicted octanol–water partition coefficient (Wildman–Crippen LogP) is 6.39. The standard InChI is InChI=1S/C35H61O11P/c1-4-5-14-21-30(36)22-16-11-7-8-12-17-23-32(37)33(38)24-19-26-35(40)46-31(28-45-47(41,42)43)27-44-34(39)25-18-13-9-6-10-15-20-29(2)3/h7-8,11-12,16-17,22-23,29-33,36-38H,4-6,9-10,13-15,18-21,24-28H2,1-3H3,(H2,41,42,43)/b11-7-,12-8+,22-16+,23-17+/t30-,31+,32-,33-/m0/s1. The summed E-state index contributed by atoms with van der Waals surface area (Å²) < 4.78 is 26.0. The largest absolute Gasteiger partial charge is 0.469 e. The van der Waals surface area contributed by atoms with E-state index in [4.69, 9.17) is 19.3 Å². The lowest BCUT2D eigenvalue weighted by Gasteiger charge is -2.19. The molecule has 0 aliphatic carbocycles. The molecule has 0 aromatic carbocycles. The highest BCUT2D eigenvalue weighted by Gasteiger charge is 2.23. The number of rotatable bonds is 29. The summed E-state index contributed by atoms with van der Waals surface area (Å²) in [6.45, 7) is 5.46. The van der Waals surface area contributed by atoms with Gasteiger partial charge in [-0.15, -0.1) is 0 Å². The van der Waals surface area contributed by atoms with E-state index in [2.05, 4.69) is 25.3 Å². The number of aliphatic hydroxyl groups excluding tert-OH is 3. The zero-order chi connectivity index (χ0) is 35.3. The molecule has 47 heavy (non-hydrogen) atoms. The first-order chi connectivity index (χ1) is 22.3. The van der Waals surface area contributed by atoms with Gasteiger partial charge in [0, 0.05) is 12.8 Å². The van der Waals surface area contributed by atoms with Crippen LogP contribution in [0.3, 0.4) is 0 Å². The van der Waals surface area contributed by atoms with Crippen molar-refractivity contribution in [1.29, 1.82) is 0 Å². The van der Waals surface area contributed by atoms with Gasteiger partial charge in [-0.2, -0.15) is 0 Å². The fourth-order valence-electron chi connectivity index (χ4n) is 4.41. The Morgan fingerprint density at radius 2 is 1.26 bits per heavy atom. The van der Waals surface area contributed by atoms with E-state index in [9.17, 15) is 29.5 Å². The zero-order valence-corrected chi connectivity index (χ0v) is 29.6. The van der Waals surface area contributed by atoms with E-state index >= 15 is 0 Å². The molecule has 4 atom stereocenters. The van der Waals surface area contributed by atoms with E-state index in [1.165, 1.54) is 25.3 Å². The quantitative estimate of drug-likeness (QED) is 0.0255. The minimum Gasteiger partial charge on any atom is -0.462 e. The number of ether oxygens (including phenoxy) is 2.